The molecule has 84 valence electrons. The molecule has 0 saturated carbocycles. The van der Waals surface area contributed by atoms with Crippen LogP contribution in [0.5, 0.6) is 11.5 Å². The number of phenolic OH excluding ortho intramolecular Hbond substituents is 1. The fourth-order valence-electron chi connectivity index (χ4n) is 1.04. The summed E-state index contributed by atoms with van der Waals surface area (Å²) in [5.74, 6) is -1.98. The lowest BCUT2D eigenvalue weighted by atomic mass is 10.2. The Bertz CT molecular complexity index is 472. The molecule has 4 nitrogen and oxygen atoms in total. The molecule has 0 heterocycles. The van der Waals surface area contributed by atoms with Gasteiger partial charge in [0.15, 0.2) is 11.6 Å². The zero-order valence-corrected chi connectivity index (χ0v) is 9.27. The lowest BCUT2D eigenvalue weighted by Crippen LogP contribution is -1.98. The number of rotatable bonds is 3. The van der Waals surface area contributed by atoms with Gasteiger partial charge in [-0.15, -0.1) is 0 Å². The van der Waals surface area contributed by atoms with Gasteiger partial charge in [0.05, 0.1) is 12.9 Å². The van der Waals surface area contributed by atoms with Crippen LogP contribution >= 0.6 is 10.7 Å². The fraction of sp³-hybridized carbons (Fsp3) is 0.250. The van der Waals surface area contributed by atoms with E-state index in [0.29, 0.717) is 0 Å². The van der Waals surface area contributed by atoms with Crippen molar-refractivity contribution in [2.45, 2.75) is 5.75 Å². The second kappa shape index (κ2) is 4.24. The maximum absolute atomic E-state index is 13.0. The molecule has 1 aromatic rings. The van der Waals surface area contributed by atoms with Gasteiger partial charge in [0.1, 0.15) is 5.75 Å². The van der Waals surface area contributed by atoms with Crippen LogP contribution in [0.25, 0.3) is 0 Å². The molecule has 1 rings (SSSR count). The molecule has 1 N–H and O–H groups in total. The van der Waals surface area contributed by atoms with Crippen LogP contribution in [-0.4, -0.2) is 20.6 Å². The van der Waals surface area contributed by atoms with Crippen LogP contribution in [-0.2, 0) is 14.8 Å². The van der Waals surface area contributed by atoms with E-state index in [2.05, 4.69) is 4.74 Å². The quantitative estimate of drug-likeness (QED) is 0.833. The Morgan fingerprint density at radius 2 is 2.13 bits per heavy atom. The van der Waals surface area contributed by atoms with Gasteiger partial charge in [-0.05, 0) is 6.07 Å². The molecule has 0 bridgehead atoms. The summed E-state index contributed by atoms with van der Waals surface area (Å²) in [5, 5.41) is 9.26. The summed E-state index contributed by atoms with van der Waals surface area (Å²) in [5.41, 5.74) is -0.0109. The average molecular weight is 255 g/mol. The van der Waals surface area contributed by atoms with Gasteiger partial charge in [-0.3, -0.25) is 0 Å². The number of methoxy groups -OCH3 is 1. The predicted molar refractivity (Wildman–Crippen MR) is 53.1 cm³/mol. The number of ether oxygens (including phenoxy) is 1. The molecule has 0 fully saturated rings. The molecule has 0 saturated heterocycles. The topological polar surface area (TPSA) is 63.6 Å². The summed E-state index contributed by atoms with van der Waals surface area (Å²) in [6.07, 6.45) is 0. The van der Waals surface area contributed by atoms with Crippen molar-refractivity contribution in [2.75, 3.05) is 7.11 Å². The lowest BCUT2D eigenvalue weighted by molar-refractivity contribution is 0.381. The second-order valence-corrected chi connectivity index (χ2v) is 5.58. The Morgan fingerprint density at radius 1 is 1.53 bits per heavy atom. The van der Waals surface area contributed by atoms with E-state index < -0.39 is 26.4 Å². The van der Waals surface area contributed by atoms with E-state index in [4.69, 9.17) is 10.7 Å². The minimum absolute atomic E-state index is 0.0109. The lowest BCUT2D eigenvalue weighted by Gasteiger charge is -2.06. The van der Waals surface area contributed by atoms with Gasteiger partial charge in [-0.2, -0.15) is 0 Å². The largest absolute Gasteiger partial charge is 0.508 e. The van der Waals surface area contributed by atoms with E-state index in [0.717, 1.165) is 12.1 Å². The van der Waals surface area contributed by atoms with Gasteiger partial charge in [0, 0.05) is 22.3 Å². The van der Waals surface area contributed by atoms with Gasteiger partial charge >= 0.3 is 0 Å². The first kappa shape index (κ1) is 12.1. The summed E-state index contributed by atoms with van der Waals surface area (Å²) < 4.78 is 39.1. The van der Waals surface area contributed by atoms with Crippen molar-refractivity contribution < 1.29 is 22.7 Å². The molecule has 0 amide bonds. The summed E-state index contributed by atoms with van der Waals surface area (Å²) in [4.78, 5) is 0. The Kier molecular flexibility index (Phi) is 3.41. The van der Waals surface area contributed by atoms with E-state index in [-0.39, 0.29) is 11.3 Å². The number of benzene rings is 1. The van der Waals surface area contributed by atoms with E-state index in [1.165, 1.54) is 7.11 Å². The highest BCUT2D eigenvalue weighted by molar-refractivity contribution is 8.13. The first-order valence-electron chi connectivity index (χ1n) is 3.81. The normalized spacial score (nSPS) is 11.4. The molecule has 0 unspecified atom stereocenters. The highest BCUT2D eigenvalue weighted by atomic mass is 35.7. The number of aromatic hydroxyl groups is 1. The van der Waals surface area contributed by atoms with Crippen LogP contribution in [0.1, 0.15) is 5.56 Å². The van der Waals surface area contributed by atoms with Crippen molar-refractivity contribution in [3.05, 3.63) is 23.5 Å². The van der Waals surface area contributed by atoms with Crippen LogP contribution in [0.2, 0.25) is 0 Å². The minimum atomic E-state index is -3.80. The molecule has 0 aliphatic rings. The van der Waals surface area contributed by atoms with E-state index in [1.54, 1.807) is 0 Å². The fourth-order valence-corrected chi connectivity index (χ4v) is 2.00. The molecule has 0 aliphatic heterocycles. The second-order valence-electron chi connectivity index (χ2n) is 2.80. The summed E-state index contributed by atoms with van der Waals surface area (Å²) in [6.45, 7) is 0. The number of hydrogen-bond acceptors (Lipinski definition) is 4. The van der Waals surface area contributed by atoms with Crippen molar-refractivity contribution in [1.82, 2.24) is 0 Å². The van der Waals surface area contributed by atoms with E-state index in [1.807, 2.05) is 0 Å². The third kappa shape index (κ3) is 3.24. The van der Waals surface area contributed by atoms with Crippen molar-refractivity contribution in [1.29, 1.82) is 0 Å². The molecule has 15 heavy (non-hydrogen) atoms. The average Bonchev–Trinajstić information content (AvgIpc) is 2.07. The molecule has 1 aromatic carbocycles. The van der Waals surface area contributed by atoms with Crippen LogP contribution in [0, 0.1) is 5.82 Å². The molecule has 0 spiro atoms. The van der Waals surface area contributed by atoms with Gasteiger partial charge in [0.2, 0.25) is 9.05 Å². The predicted octanol–water partition coefficient (Wildman–Crippen LogP) is 1.61. The van der Waals surface area contributed by atoms with Crippen LogP contribution in [0.3, 0.4) is 0 Å². The Labute approximate surface area is 90.7 Å². The molecular formula is C8H8ClFO4S. The zero-order valence-electron chi connectivity index (χ0n) is 7.70. The number of phenols is 1. The molecule has 7 heteroatoms. The first-order valence-corrected chi connectivity index (χ1v) is 6.29. The standard InChI is InChI=1S/C8H8ClFO4S/c1-14-8-2-5(4-15(9,12)13)7(11)3-6(8)10/h2-3,11H,4H2,1H3. The Hall–Kier alpha value is -1.01. The first-order chi connectivity index (χ1) is 6.83. The van der Waals surface area contributed by atoms with Crippen LogP contribution in [0.15, 0.2) is 12.1 Å². The molecule has 0 atom stereocenters. The van der Waals surface area contributed by atoms with Crippen LogP contribution in [0.4, 0.5) is 4.39 Å². The highest BCUT2D eigenvalue weighted by Crippen LogP contribution is 2.28. The molecular weight excluding hydrogens is 247 g/mol. The van der Waals surface area contributed by atoms with Crippen molar-refractivity contribution in [3.8, 4) is 11.5 Å². The summed E-state index contributed by atoms with van der Waals surface area (Å²) >= 11 is 0. The van der Waals surface area contributed by atoms with Crippen LogP contribution < -0.4 is 4.74 Å². The van der Waals surface area contributed by atoms with E-state index >= 15 is 0 Å². The maximum atomic E-state index is 13.0. The van der Waals surface area contributed by atoms with Gasteiger partial charge < -0.3 is 9.84 Å². The molecule has 0 aliphatic carbocycles. The Balaban J connectivity index is 3.19. The Morgan fingerprint density at radius 3 is 2.60 bits per heavy atom. The summed E-state index contributed by atoms with van der Waals surface area (Å²) in [7, 11) is 2.43. The van der Waals surface area contributed by atoms with Crippen molar-refractivity contribution in [2.24, 2.45) is 0 Å². The number of hydrogen-bond donors (Lipinski definition) is 1. The van der Waals surface area contributed by atoms with E-state index in [9.17, 15) is 17.9 Å². The highest BCUT2D eigenvalue weighted by Gasteiger charge is 2.15. The monoisotopic (exact) mass is 254 g/mol. The van der Waals surface area contributed by atoms with Gasteiger partial charge in [0.25, 0.3) is 0 Å². The van der Waals surface area contributed by atoms with Crippen molar-refractivity contribution in [3.63, 3.8) is 0 Å². The third-order valence-electron chi connectivity index (χ3n) is 1.68. The summed E-state index contributed by atoms with van der Waals surface area (Å²) in [6, 6.07) is 1.86. The van der Waals surface area contributed by atoms with Crippen molar-refractivity contribution >= 4 is 19.7 Å². The van der Waals surface area contributed by atoms with Gasteiger partial charge in [-0.25, -0.2) is 12.8 Å². The molecule has 0 radical (unpaired) electrons. The minimum Gasteiger partial charge on any atom is -0.508 e. The smallest absolute Gasteiger partial charge is 0.236 e. The third-order valence-corrected chi connectivity index (χ3v) is 2.66. The molecule has 0 aromatic heterocycles. The zero-order chi connectivity index (χ0) is 11.6. The SMILES string of the molecule is COc1cc(CS(=O)(=O)Cl)c(O)cc1F. The maximum Gasteiger partial charge on any atom is 0.236 e. The number of halogens is 2. The van der Waals surface area contributed by atoms with Gasteiger partial charge in [-0.1, -0.05) is 0 Å².